The van der Waals surface area contributed by atoms with Crippen molar-refractivity contribution in [1.29, 1.82) is 0 Å². The Hall–Kier alpha value is -3.28. The first-order valence-corrected chi connectivity index (χ1v) is 7.64. The van der Waals surface area contributed by atoms with Crippen LogP contribution >= 0.6 is 0 Å². The van der Waals surface area contributed by atoms with E-state index in [1.54, 1.807) is 4.57 Å². The number of rotatable bonds is 3. The highest BCUT2D eigenvalue weighted by Gasteiger charge is 2.12. The van der Waals surface area contributed by atoms with Gasteiger partial charge in [-0.2, -0.15) is 4.80 Å². The van der Waals surface area contributed by atoms with Crippen molar-refractivity contribution in [3.05, 3.63) is 82.4 Å². The zero-order valence-corrected chi connectivity index (χ0v) is 13.1. The zero-order valence-electron chi connectivity index (χ0n) is 13.1. The molecule has 0 fully saturated rings. The molecule has 0 amide bonds. The standard InChI is InChI=1S/C18H15N5O/c1-13-6-8-16(9-7-13)23-17-5-3-2-4-14(17)10-15(18(23)24)11-22-20-12-19-21-22/h2-10,12H,11H2,1H3. The highest BCUT2D eigenvalue weighted by Crippen LogP contribution is 2.18. The Bertz CT molecular complexity index is 1050. The smallest absolute Gasteiger partial charge is 0.260 e. The number of aryl methyl sites for hydroxylation is 1. The maximum absolute atomic E-state index is 13.1. The molecule has 0 bridgehead atoms. The number of para-hydroxylation sites is 1. The van der Waals surface area contributed by atoms with E-state index in [0.29, 0.717) is 5.56 Å². The number of benzene rings is 2. The van der Waals surface area contributed by atoms with E-state index < -0.39 is 0 Å². The SMILES string of the molecule is Cc1ccc(-n2c(=O)c(Cn3ncnn3)cc3ccccc32)cc1. The van der Waals surface area contributed by atoms with E-state index in [4.69, 9.17) is 0 Å². The molecule has 0 atom stereocenters. The molecule has 0 unspecified atom stereocenters. The van der Waals surface area contributed by atoms with Crippen LogP contribution in [0.1, 0.15) is 11.1 Å². The van der Waals surface area contributed by atoms with E-state index in [1.165, 1.54) is 11.1 Å². The van der Waals surface area contributed by atoms with Crippen LogP contribution in [0.3, 0.4) is 0 Å². The van der Waals surface area contributed by atoms with Crippen LogP contribution in [0.2, 0.25) is 0 Å². The lowest BCUT2D eigenvalue weighted by Gasteiger charge is -2.13. The average molecular weight is 317 g/mol. The van der Waals surface area contributed by atoms with Crippen molar-refractivity contribution in [2.75, 3.05) is 0 Å². The molecule has 6 heteroatoms. The van der Waals surface area contributed by atoms with Crippen molar-refractivity contribution in [3.63, 3.8) is 0 Å². The molecule has 0 spiro atoms. The minimum atomic E-state index is -0.0742. The fourth-order valence-corrected chi connectivity index (χ4v) is 2.79. The van der Waals surface area contributed by atoms with Crippen LogP contribution in [0, 0.1) is 6.92 Å². The fourth-order valence-electron chi connectivity index (χ4n) is 2.79. The molecule has 0 N–H and O–H groups in total. The molecule has 0 aliphatic heterocycles. The van der Waals surface area contributed by atoms with Crippen molar-refractivity contribution in [1.82, 2.24) is 24.8 Å². The molecule has 0 radical (unpaired) electrons. The summed E-state index contributed by atoms with van der Waals surface area (Å²) in [6, 6.07) is 17.7. The largest absolute Gasteiger partial charge is 0.277 e. The van der Waals surface area contributed by atoms with Gasteiger partial charge in [-0.05, 0) is 41.8 Å². The second-order valence-corrected chi connectivity index (χ2v) is 5.67. The van der Waals surface area contributed by atoms with Crippen molar-refractivity contribution in [2.24, 2.45) is 0 Å². The maximum Gasteiger partial charge on any atom is 0.260 e. The molecule has 4 aromatic rings. The molecule has 2 aromatic carbocycles. The van der Waals surface area contributed by atoms with Gasteiger partial charge < -0.3 is 0 Å². The predicted molar refractivity (Wildman–Crippen MR) is 91.2 cm³/mol. The van der Waals surface area contributed by atoms with E-state index in [-0.39, 0.29) is 12.1 Å². The van der Waals surface area contributed by atoms with Gasteiger partial charge in [0.25, 0.3) is 5.56 Å². The molecule has 2 aromatic heterocycles. The summed E-state index contributed by atoms with van der Waals surface area (Å²) < 4.78 is 1.74. The summed E-state index contributed by atoms with van der Waals surface area (Å²) in [6.07, 6.45) is 1.36. The summed E-state index contributed by atoms with van der Waals surface area (Å²) in [4.78, 5) is 14.5. The molecule has 0 aliphatic carbocycles. The number of hydrogen-bond acceptors (Lipinski definition) is 4. The lowest BCUT2D eigenvalue weighted by atomic mass is 10.1. The normalized spacial score (nSPS) is 11.0. The fraction of sp³-hybridized carbons (Fsp3) is 0.111. The summed E-state index contributed by atoms with van der Waals surface area (Å²) in [5.41, 5.74) is 3.41. The molecule has 0 aliphatic rings. The van der Waals surface area contributed by atoms with Crippen molar-refractivity contribution < 1.29 is 0 Å². The van der Waals surface area contributed by atoms with Gasteiger partial charge in [0.05, 0.1) is 12.1 Å². The van der Waals surface area contributed by atoms with Crippen molar-refractivity contribution in [2.45, 2.75) is 13.5 Å². The number of fused-ring (bicyclic) bond motifs is 1. The molecular weight excluding hydrogens is 302 g/mol. The second-order valence-electron chi connectivity index (χ2n) is 5.67. The topological polar surface area (TPSA) is 65.6 Å². The third-order valence-corrected chi connectivity index (χ3v) is 3.98. The van der Waals surface area contributed by atoms with Gasteiger partial charge in [-0.15, -0.1) is 10.2 Å². The average Bonchev–Trinajstić information content (AvgIpc) is 3.10. The number of tetrazole rings is 1. The van der Waals surface area contributed by atoms with Crippen LogP contribution in [-0.4, -0.2) is 24.8 Å². The summed E-state index contributed by atoms with van der Waals surface area (Å²) in [7, 11) is 0. The van der Waals surface area contributed by atoms with Gasteiger partial charge in [-0.1, -0.05) is 35.9 Å². The number of pyridine rings is 1. The molecule has 0 saturated carbocycles. The number of nitrogens with zero attached hydrogens (tertiary/aromatic N) is 5. The highest BCUT2D eigenvalue weighted by molar-refractivity contribution is 5.81. The monoisotopic (exact) mass is 317 g/mol. The van der Waals surface area contributed by atoms with Gasteiger partial charge >= 0.3 is 0 Å². The molecule has 0 saturated heterocycles. The van der Waals surface area contributed by atoms with Crippen molar-refractivity contribution in [3.8, 4) is 5.69 Å². The van der Waals surface area contributed by atoms with E-state index >= 15 is 0 Å². The maximum atomic E-state index is 13.1. The van der Waals surface area contributed by atoms with E-state index in [2.05, 4.69) is 15.4 Å². The van der Waals surface area contributed by atoms with E-state index in [1.807, 2.05) is 61.5 Å². The van der Waals surface area contributed by atoms with Gasteiger partial charge in [0.1, 0.15) is 0 Å². The highest BCUT2D eigenvalue weighted by atomic mass is 16.1. The van der Waals surface area contributed by atoms with Gasteiger partial charge in [-0.3, -0.25) is 9.36 Å². The summed E-state index contributed by atoms with van der Waals surface area (Å²) in [6.45, 7) is 2.31. The Morgan fingerprint density at radius 2 is 1.83 bits per heavy atom. The number of hydrogen-bond donors (Lipinski definition) is 0. The second kappa shape index (κ2) is 5.73. The Labute approximate surface area is 138 Å². The first-order chi connectivity index (χ1) is 11.7. The van der Waals surface area contributed by atoms with Gasteiger partial charge in [-0.25, -0.2) is 0 Å². The Morgan fingerprint density at radius 1 is 1.04 bits per heavy atom. The predicted octanol–water partition coefficient (Wildman–Crippen LogP) is 2.33. The zero-order chi connectivity index (χ0) is 16.5. The Kier molecular flexibility index (Phi) is 3.42. The Balaban J connectivity index is 1.97. The van der Waals surface area contributed by atoms with Gasteiger partial charge in [0, 0.05) is 11.3 Å². The van der Waals surface area contributed by atoms with Crippen LogP contribution in [0.5, 0.6) is 0 Å². The van der Waals surface area contributed by atoms with Crippen LogP contribution < -0.4 is 5.56 Å². The molecule has 6 nitrogen and oxygen atoms in total. The quantitative estimate of drug-likeness (QED) is 0.582. The van der Waals surface area contributed by atoms with Crippen LogP contribution in [0.4, 0.5) is 0 Å². The summed E-state index contributed by atoms with van der Waals surface area (Å²) in [5.74, 6) is 0. The van der Waals surface area contributed by atoms with E-state index in [9.17, 15) is 4.79 Å². The summed E-state index contributed by atoms with van der Waals surface area (Å²) in [5, 5.41) is 12.5. The molecule has 2 heterocycles. The molecule has 4 rings (SSSR count). The van der Waals surface area contributed by atoms with E-state index in [0.717, 1.165) is 22.2 Å². The third-order valence-electron chi connectivity index (χ3n) is 3.98. The molecule has 118 valence electrons. The third kappa shape index (κ3) is 2.48. The van der Waals surface area contributed by atoms with Gasteiger partial charge in [0.15, 0.2) is 6.33 Å². The van der Waals surface area contributed by atoms with Gasteiger partial charge in [0.2, 0.25) is 0 Å². The van der Waals surface area contributed by atoms with Crippen LogP contribution in [0.15, 0.2) is 65.7 Å². The first kappa shape index (κ1) is 14.3. The minimum Gasteiger partial charge on any atom is -0.277 e. The van der Waals surface area contributed by atoms with Crippen LogP contribution in [0.25, 0.3) is 16.6 Å². The Morgan fingerprint density at radius 3 is 2.58 bits per heavy atom. The molecular formula is C18H15N5O. The minimum absolute atomic E-state index is 0.0742. The van der Waals surface area contributed by atoms with Crippen molar-refractivity contribution >= 4 is 10.9 Å². The summed E-state index contributed by atoms with van der Waals surface area (Å²) >= 11 is 0. The first-order valence-electron chi connectivity index (χ1n) is 7.64. The van der Waals surface area contributed by atoms with Crippen LogP contribution in [-0.2, 0) is 6.54 Å². The molecule has 24 heavy (non-hydrogen) atoms. The lowest BCUT2D eigenvalue weighted by Crippen LogP contribution is -2.24. The number of aromatic nitrogens is 5. The lowest BCUT2D eigenvalue weighted by molar-refractivity contribution is 0.568.